The average molecular weight is 421 g/mol. The number of carboxylic acid groups (broad SMARTS) is 1. The number of fused-ring (bicyclic) bond motifs is 6. The van der Waals surface area contributed by atoms with Crippen molar-refractivity contribution in [3.8, 4) is 0 Å². The second-order valence-corrected chi connectivity index (χ2v) is 9.16. The molecule has 0 aliphatic carbocycles. The van der Waals surface area contributed by atoms with Crippen LogP contribution < -0.4 is 10.3 Å². The number of benzene rings is 1. The lowest BCUT2D eigenvalue weighted by atomic mass is 10.1. The zero-order valence-corrected chi connectivity index (χ0v) is 17.1. The molecule has 3 aromatic heterocycles. The molecule has 2 atom stereocenters. The number of likely N-dealkylation sites (N-methyl/N-ethyl adjacent to an activating group) is 1. The SMILES string of the molecule is CN1CCC2CN(c3ncc4c(=O)c(C(=O)O)c5sc6ccccc6n5c4n3)CC21. The Morgan fingerprint density at radius 1 is 1.27 bits per heavy atom. The van der Waals surface area contributed by atoms with Crippen LogP contribution in [0.4, 0.5) is 5.95 Å². The Kier molecular flexibility index (Phi) is 3.69. The van der Waals surface area contributed by atoms with Crippen LogP contribution in [0.25, 0.3) is 26.1 Å². The summed E-state index contributed by atoms with van der Waals surface area (Å²) >= 11 is 1.30. The molecule has 0 amide bonds. The van der Waals surface area contributed by atoms with Gasteiger partial charge in [0, 0.05) is 25.3 Å². The Bertz CT molecular complexity index is 1410. The number of aromatic carboxylic acids is 1. The first-order valence-corrected chi connectivity index (χ1v) is 10.8. The van der Waals surface area contributed by atoms with E-state index in [-0.39, 0.29) is 10.9 Å². The highest BCUT2D eigenvalue weighted by molar-refractivity contribution is 7.24. The van der Waals surface area contributed by atoms with Crippen LogP contribution in [-0.2, 0) is 0 Å². The van der Waals surface area contributed by atoms with Gasteiger partial charge in [-0.3, -0.25) is 9.20 Å². The Labute approximate surface area is 175 Å². The molecule has 2 saturated heterocycles. The molecule has 152 valence electrons. The maximum Gasteiger partial charge on any atom is 0.342 e. The highest BCUT2D eigenvalue weighted by atomic mass is 32.1. The molecule has 5 heterocycles. The molecule has 2 fully saturated rings. The number of hydrogen-bond acceptors (Lipinski definition) is 7. The van der Waals surface area contributed by atoms with E-state index < -0.39 is 11.4 Å². The van der Waals surface area contributed by atoms with E-state index in [1.165, 1.54) is 24.0 Å². The topological polar surface area (TPSA) is 91.0 Å². The van der Waals surface area contributed by atoms with Crippen LogP contribution in [0.1, 0.15) is 16.8 Å². The van der Waals surface area contributed by atoms with E-state index >= 15 is 0 Å². The first kappa shape index (κ1) is 17.8. The minimum Gasteiger partial charge on any atom is -0.477 e. The summed E-state index contributed by atoms with van der Waals surface area (Å²) in [6.07, 6.45) is 2.66. The number of thiazole rings is 1. The molecule has 0 bridgehead atoms. The van der Waals surface area contributed by atoms with Gasteiger partial charge in [0.2, 0.25) is 11.4 Å². The standard InChI is InChI=1S/C21H19N5O3S/c1-24-7-6-11-9-25(10-14(11)24)21-22-8-12-17(27)16(20(28)29)19-26(18(12)23-21)13-4-2-3-5-15(13)30-19/h2-5,8,11,14H,6-7,9-10H2,1H3,(H,28,29). The number of nitrogens with zero attached hydrogens (tertiary/aromatic N) is 5. The first-order chi connectivity index (χ1) is 14.5. The molecule has 2 unspecified atom stereocenters. The van der Waals surface area contributed by atoms with E-state index in [1.807, 2.05) is 24.3 Å². The summed E-state index contributed by atoms with van der Waals surface area (Å²) in [7, 11) is 2.16. The van der Waals surface area contributed by atoms with Gasteiger partial charge in [-0.25, -0.2) is 9.78 Å². The van der Waals surface area contributed by atoms with Crippen LogP contribution >= 0.6 is 11.3 Å². The van der Waals surface area contributed by atoms with Crippen LogP contribution in [0.5, 0.6) is 0 Å². The van der Waals surface area contributed by atoms with Crippen LogP contribution in [0, 0.1) is 5.92 Å². The number of likely N-dealkylation sites (tertiary alicyclic amines) is 1. The molecule has 9 heteroatoms. The number of carboxylic acids is 1. The normalized spacial score (nSPS) is 21.8. The predicted octanol–water partition coefficient (Wildman–Crippen LogP) is 2.30. The Morgan fingerprint density at radius 3 is 2.90 bits per heavy atom. The largest absolute Gasteiger partial charge is 0.477 e. The molecule has 6 rings (SSSR count). The fourth-order valence-corrected chi connectivity index (χ4v) is 6.14. The maximum atomic E-state index is 13.0. The third-order valence-corrected chi connectivity index (χ3v) is 7.64. The van der Waals surface area contributed by atoms with E-state index in [2.05, 4.69) is 21.8 Å². The molecule has 4 aromatic rings. The lowest BCUT2D eigenvalue weighted by molar-refractivity contribution is 0.0697. The Morgan fingerprint density at radius 2 is 2.10 bits per heavy atom. The van der Waals surface area contributed by atoms with Gasteiger partial charge in [0.1, 0.15) is 10.4 Å². The number of anilines is 1. The van der Waals surface area contributed by atoms with Crippen molar-refractivity contribution in [3.05, 3.63) is 46.2 Å². The van der Waals surface area contributed by atoms with Gasteiger partial charge >= 0.3 is 5.97 Å². The third-order valence-electron chi connectivity index (χ3n) is 6.49. The Balaban J connectivity index is 1.62. The van der Waals surface area contributed by atoms with E-state index in [9.17, 15) is 14.7 Å². The van der Waals surface area contributed by atoms with Gasteiger partial charge in [-0.2, -0.15) is 4.98 Å². The third kappa shape index (κ3) is 2.36. The predicted molar refractivity (Wildman–Crippen MR) is 116 cm³/mol. The van der Waals surface area contributed by atoms with Crippen molar-refractivity contribution in [2.45, 2.75) is 12.5 Å². The molecular weight excluding hydrogens is 402 g/mol. The van der Waals surface area contributed by atoms with Crippen molar-refractivity contribution in [2.24, 2.45) is 5.92 Å². The number of rotatable bonds is 2. The summed E-state index contributed by atoms with van der Waals surface area (Å²) in [5, 5.41) is 9.96. The van der Waals surface area contributed by atoms with Gasteiger partial charge < -0.3 is 14.9 Å². The quantitative estimate of drug-likeness (QED) is 0.531. The van der Waals surface area contributed by atoms with E-state index in [0.717, 1.165) is 29.9 Å². The average Bonchev–Trinajstić information content (AvgIpc) is 3.41. The van der Waals surface area contributed by atoms with E-state index in [4.69, 9.17) is 4.98 Å². The fraction of sp³-hybridized carbons (Fsp3) is 0.333. The molecule has 2 aliphatic rings. The van der Waals surface area contributed by atoms with Crippen molar-refractivity contribution >= 4 is 49.3 Å². The first-order valence-electron chi connectivity index (χ1n) is 9.94. The van der Waals surface area contributed by atoms with Crippen LogP contribution in [0.15, 0.2) is 35.3 Å². The molecule has 30 heavy (non-hydrogen) atoms. The van der Waals surface area contributed by atoms with Crippen molar-refractivity contribution in [1.29, 1.82) is 0 Å². The molecule has 8 nitrogen and oxygen atoms in total. The van der Waals surface area contributed by atoms with Crippen LogP contribution in [-0.4, -0.2) is 63.1 Å². The molecule has 0 saturated carbocycles. The number of para-hydroxylation sites is 1. The monoisotopic (exact) mass is 421 g/mol. The summed E-state index contributed by atoms with van der Waals surface area (Å²) in [5.74, 6) is -0.0318. The molecule has 2 aliphatic heterocycles. The van der Waals surface area contributed by atoms with Gasteiger partial charge in [0.25, 0.3) is 0 Å². The van der Waals surface area contributed by atoms with E-state index in [1.54, 1.807) is 4.40 Å². The number of hydrogen-bond donors (Lipinski definition) is 1. The van der Waals surface area contributed by atoms with Gasteiger partial charge in [0.15, 0.2) is 5.65 Å². The molecule has 1 aromatic carbocycles. The van der Waals surface area contributed by atoms with Crippen molar-refractivity contribution in [2.75, 3.05) is 31.6 Å². The van der Waals surface area contributed by atoms with Crippen LogP contribution in [0.2, 0.25) is 0 Å². The summed E-state index contributed by atoms with van der Waals surface area (Å²) < 4.78 is 2.71. The smallest absolute Gasteiger partial charge is 0.342 e. The summed E-state index contributed by atoms with van der Waals surface area (Å²) in [6.45, 7) is 2.88. The maximum absolute atomic E-state index is 13.0. The lowest BCUT2D eigenvalue weighted by Gasteiger charge is -2.20. The van der Waals surface area contributed by atoms with Gasteiger partial charge in [-0.05, 0) is 38.1 Å². The minimum absolute atomic E-state index is 0.225. The molecular formula is C21H19N5O3S. The van der Waals surface area contributed by atoms with Gasteiger partial charge in [-0.1, -0.05) is 12.1 Å². The zero-order chi connectivity index (χ0) is 20.6. The zero-order valence-electron chi connectivity index (χ0n) is 16.3. The highest BCUT2D eigenvalue weighted by Gasteiger charge is 2.40. The number of aromatic nitrogens is 3. The minimum atomic E-state index is -1.23. The lowest BCUT2D eigenvalue weighted by Crippen LogP contribution is -2.32. The number of pyridine rings is 1. The second kappa shape index (κ2) is 6.23. The van der Waals surface area contributed by atoms with Crippen molar-refractivity contribution in [3.63, 3.8) is 0 Å². The van der Waals surface area contributed by atoms with Gasteiger partial charge in [-0.15, -0.1) is 11.3 Å². The van der Waals surface area contributed by atoms with Crippen molar-refractivity contribution < 1.29 is 9.90 Å². The Hall–Kier alpha value is -3.04. The fourth-order valence-electron chi connectivity index (χ4n) is 4.96. The molecule has 1 N–H and O–H groups in total. The molecule has 0 radical (unpaired) electrons. The second-order valence-electron chi connectivity index (χ2n) is 8.13. The molecule has 0 spiro atoms. The van der Waals surface area contributed by atoms with Crippen molar-refractivity contribution in [1.82, 2.24) is 19.3 Å². The van der Waals surface area contributed by atoms with Gasteiger partial charge in [0.05, 0.1) is 15.6 Å². The summed E-state index contributed by atoms with van der Waals surface area (Å²) in [5.41, 5.74) is 0.548. The van der Waals surface area contributed by atoms with E-state index in [0.29, 0.717) is 28.4 Å². The summed E-state index contributed by atoms with van der Waals surface area (Å²) in [6, 6.07) is 8.15. The summed E-state index contributed by atoms with van der Waals surface area (Å²) in [4.78, 5) is 39.2. The van der Waals surface area contributed by atoms with Crippen LogP contribution in [0.3, 0.4) is 0 Å². The highest BCUT2D eigenvalue weighted by Crippen LogP contribution is 2.34. The number of carbonyl (C=O) groups is 1.